The van der Waals surface area contributed by atoms with Gasteiger partial charge in [0.25, 0.3) is 9.84 Å². The first-order valence-corrected chi connectivity index (χ1v) is 9.19. The fraction of sp³-hybridized carbons (Fsp3) is 0.333. The summed E-state index contributed by atoms with van der Waals surface area (Å²) in [6.07, 6.45) is -4.12. The van der Waals surface area contributed by atoms with Crippen LogP contribution in [0.15, 0.2) is 14.3 Å². The SMILES string of the molecule is Cn1nc(C(F)(F)F)c(C(F)(Cl)S(=O)(=O)c2ncc(Br)s2)c1Cl. The fourth-order valence-corrected chi connectivity index (χ4v) is 5.65. The highest BCUT2D eigenvalue weighted by atomic mass is 79.9. The van der Waals surface area contributed by atoms with Crippen LogP contribution in [-0.4, -0.2) is 23.2 Å². The number of halogens is 7. The Morgan fingerprint density at radius 1 is 1.35 bits per heavy atom. The van der Waals surface area contributed by atoms with Crippen molar-refractivity contribution in [2.45, 2.75) is 15.0 Å². The van der Waals surface area contributed by atoms with Crippen molar-refractivity contribution in [3.63, 3.8) is 0 Å². The second-order valence-corrected chi connectivity index (χ2v) is 9.81. The third-order valence-corrected chi connectivity index (χ3v) is 7.42. The van der Waals surface area contributed by atoms with Gasteiger partial charge in [0.15, 0.2) is 5.69 Å². The van der Waals surface area contributed by atoms with Gasteiger partial charge in [-0.05, 0) is 15.9 Å². The van der Waals surface area contributed by atoms with E-state index in [1.807, 2.05) is 0 Å². The largest absolute Gasteiger partial charge is 0.435 e. The van der Waals surface area contributed by atoms with Gasteiger partial charge in [0.1, 0.15) is 5.15 Å². The molecule has 2 rings (SSSR count). The summed E-state index contributed by atoms with van der Waals surface area (Å²) in [7, 11) is -4.14. The number of aromatic nitrogens is 3. The summed E-state index contributed by atoms with van der Waals surface area (Å²) < 4.78 is 74.2. The molecule has 0 aliphatic carbocycles. The topological polar surface area (TPSA) is 64.8 Å². The van der Waals surface area contributed by atoms with Gasteiger partial charge in [-0.1, -0.05) is 34.5 Å². The summed E-state index contributed by atoms with van der Waals surface area (Å²) in [5.41, 5.74) is -3.33. The van der Waals surface area contributed by atoms with E-state index in [9.17, 15) is 26.0 Å². The molecular weight excluding hydrogens is 473 g/mol. The molecule has 0 amide bonds. The van der Waals surface area contributed by atoms with Crippen LogP contribution in [0, 0.1) is 0 Å². The van der Waals surface area contributed by atoms with Crippen molar-refractivity contribution in [1.29, 1.82) is 0 Å². The number of alkyl halides is 5. The molecule has 0 saturated heterocycles. The lowest BCUT2D eigenvalue weighted by atomic mass is 10.2. The Labute approximate surface area is 149 Å². The van der Waals surface area contributed by atoms with Crippen LogP contribution in [0.25, 0.3) is 0 Å². The number of sulfone groups is 1. The lowest BCUT2D eigenvalue weighted by Crippen LogP contribution is -2.28. The van der Waals surface area contributed by atoms with Gasteiger partial charge in [-0.15, -0.1) is 0 Å². The highest BCUT2D eigenvalue weighted by molar-refractivity contribution is 9.11. The maximum absolute atomic E-state index is 14.9. The first-order valence-electron chi connectivity index (χ1n) is 5.34. The van der Waals surface area contributed by atoms with Crippen LogP contribution in [0.3, 0.4) is 0 Å². The smallest absolute Gasteiger partial charge is 0.256 e. The van der Waals surface area contributed by atoms with Crippen molar-refractivity contribution in [1.82, 2.24) is 14.8 Å². The van der Waals surface area contributed by atoms with Crippen LogP contribution in [0.2, 0.25) is 5.15 Å². The summed E-state index contributed by atoms with van der Waals surface area (Å²) in [4.78, 5) is 3.42. The zero-order valence-corrected chi connectivity index (χ0v) is 15.4. The van der Waals surface area contributed by atoms with Crippen LogP contribution in [0.4, 0.5) is 17.6 Å². The van der Waals surface area contributed by atoms with E-state index in [1.54, 1.807) is 0 Å². The first kappa shape index (κ1) is 18.9. The molecule has 1 atom stereocenters. The molecule has 2 aromatic rings. The zero-order chi connectivity index (χ0) is 17.8. The predicted molar refractivity (Wildman–Crippen MR) is 78.9 cm³/mol. The molecule has 0 aromatic carbocycles. The van der Waals surface area contributed by atoms with E-state index in [0.717, 1.165) is 13.2 Å². The second-order valence-electron chi connectivity index (χ2n) is 4.09. The molecule has 0 aliphatic rings. The van der Waals surface area contributed by atoms with Gasteiger partial charge in [-0.3, -0.25) is 4.68 Å². The Hall–Kier alpha value is -0.430. The van der Waals surface area contributed by atoms with E-state index in [-0.39, 0.29) is 3.79 Å². The lowest BCUT2D eigenvalue weighted by molar-refractivity contribution is -0.142. The molecule has 0 radical (unpaired) electrons. The van der Waals surface area contributed by atoms with E-state index in [0.29, 0.717) is 16.0 Å². The zero-order valence-electron chi connectivity index (χ0n) is 10.7. The fourth-order valence-electron chi connectivity index (χ4n) is 1.57. The highest BCUT2D eigenvalue weighted by Gasteiger charge is 2.55. The third-order valence-electron chi connectivity index (χ3n) is 2.56. The molecule has 2 aromatic heterocycles. The maximum atomic E-state index is 14.9. The van der Waals surface area contributed by atoms with Crippen LogP contribution >= 0.6 is 50.5 Å². The van der Waals surface area contributed by atoms with Crippen LogP contribution in [-0.2, 0) is 27.5 Å². The summed E-state index contributed by atoms with van der Waals surface area (Å²) in [6.45, 7) is 0. The van der Waals surface area contributed by atoms with E-state index in [1.165, 1.54) is 0 Å². The quantitative estimate of drug-likeness (QED) is 0.494. The molecule has 0 N–H and O–H groups in total. The van der Waals surface area contributed by atoms with Crippen LogP contribution in [0.1, 0.15) is 11.3 Å². The molecule has 0 fully saturated rings. The van der Waals surface area contributed by atoms with Gasteiger partial charge < -0.3 is 0 Å². The number of nitrogens with zero attached hydrogens (tertiary/aromatic N) is 3. The number of aryl methyl sites for hydroxylation is 1. The molecule has 0 saturated carbocycles. The maximum Gasteiger partial charge on any atom is 0.435 e. The summed E-state index contributed by atoms with van der Waals surface area (Å²) in [5, 5.41) is 2.11. The number of rotatable bonds is 3. The van der Waals surface area contributed by atoms with Gasteiger partial charge in [0.05, 0.1) is 15.5 Å². The average molecular weight is 477 g/mol. The van der Waals surface area contributed by atoms with Gasteiger partial charge >= 0.3 is 10.6 Å². The van der Waals surface area contributed by atoms with Gasteiger partial charge in [-0.25, -0.2) is 17.8 Å². The van der Waals surface area contributed by atoms with Crippen molar-refractivity contribution in [3.8, 4) is 0 Å². The second kappa shape index (κ2) is 5.83. The first-order chi connectivity index (χ1) is 10.3. The standard InChI is InChI=1S/C9H4BrCl2F4N3O2S2/c1-19-6(11)4(5(18-19)9(14,15)16)8(12,13)23(20,21)7-17-2-3(10)22-7/h2H,1H3. The minimum atomic E-state index is -5.16. The van der Waals surface area contributed by atoms with E-state index in [4.69, 9.17) is 23.2 Å². The highest BCUT2D eigenvalue weighted by Crippen LogP contribution is 2.49. The molecule has 0 aliphatic heterocycles. The summed E-state index contributed by atoms with van der Waals surface area (Å²) >= 11 is 14.4. The monoisotopic (exact) mass is 475 g/mol. The Balaban J connectivity index is 2.74. The van der Waals surface area contributed by atoms with Crippen molar-refractivity contribution >= 4 is 60.3 Å². The Kier molecular flexibility index (Phi) is 4.79. The molecular formula is C9H4BrCl2F4N3O2S2. The number of hydrogen-bond donors (Lipinski definition) is 0. The number of thiazole rings is 1. The molecule has 128 valence electrons. The normalized spacial score (nSPS) is 15.7. The van der Waals surface area contributed by atoms with Gasteiger partial charge in [-0.2, -0.15) is 18.3 Å². The average Bonchev–Trinajstić information content (AvgIpc) is 2.94. The van der Waals surface area contributed by atoms with E-state index >= 15 is 0 Å². The van der Waals surface area contributed by atoms with Crippen molar-refractivity contribution in [2.75, 3.05) is 0 Å². The van der Waals surface area contributed by atoms with Crippen LogP contribution < -0.4 is 0 Å². The minimum Gasteiger partial charge on any atom is -0.256 e. The predicted octanol–water partition coefficient (Wildman–Crippen LogP) is 4.10. The molecule has 0 bridgehead atoms. The van der Waals surface area contributed by atoms with E-state index in [2.05, 4.69) is 26.0 Å². The molecule has 1 unspecified atom stereocenters. The van der Waals surface area contributed by atoms with Crippen molar-refractivity contribution in [3.05, 3.63) is 26.4 Å². The summed E-state index contributed by atoms with van der Waals surface area (Å²) in [5.74, 6) is 0. The number of hydrogen-bond acceptors (Lipinski definition) is 5. The molecule has 2 heterocycles. The Bertz CT molecular complexity index is 863. The van der Waals surface area contributed by atoms with E-state index < -0.39 is 41.2 Å². The summed E-state index contributed by atoms with van der Waals surface area (Å²) in [6, 6.07) is 0. The molecule has 0 spiro atoms. The molecule has 5 nitrogen and oxygen atoms in total. The van der Waals surface area contributed by atoms with Crippen molar-refractivity contribution in [2.24, 2.45) is 7.05 Å². The lowest BCUT2D eigenvalue weighted by Gasteiger charge is -2.18. The van der Waals surface area contributed by atoms with Crippen molar-refractivity contribution < 1.29 is 26.0 Å². The minimum absolute atomic E-state index is 0.219. The van der Waals surface area contributed by atoms with Gasteiger partial charge in [0, 0.05) is 7.05 Å². The third kappa shape index (κ3) is 3.11. The molecule has 14 heteroatoms. The molecule has 23 heavy (non-hydrogen) atoms. The Morgan fingerprint density at radius 3 is 2.35 bits per heavy atom. The van der Waals surface area contributed by atoms with Gasteiger partial charge in [0.2, 0.25) is 4.34 Å². The Morgan fingerprint density at radius 2 is 1.91 bits per heavy atom. The van der Waals surface area contributed by atoms with Crippen LogP contribution in [0.5, 0.6) is 0 Å².